The van der Waals surface area contributed by atoms with Crippen LogP contribution in [0, 0.1) is 11.8 Å². The molecule has 0 aromatic heterocycles. The number of rotatable bonds is 21. The number of amides is 2. The lowest BCUT2D eigenvalue weighted by molar-refractivity contribution is -0.143. The Hall–Kier alpha value is -2.78. The van der Waals surface area contributed by atoms with Gasteiger partial charge in [-0.1, -0.05) is 124 Å². The Bertz CT molecular complexity index is 1460. The van der Waals surface area contributed by atoms with Crippen molar-refractivity contribution < 1.29 is 19.5 Å². The van der Waals surface area contributed by atoms with Crippen molar-refractivity contribution in [3.05, 3.63) is 62.6 Å². The summed E-state index contributed by atoms with van der Waals surface area (Å²) < 4.78 is 0. The number of hydrogen-bond donors (Lipinski definition) is 3. The van der Waals surface area contributed by atoms with E-state index in [4.69, 9.17) is 46.4 Å². The zero-order chi connectivity index (χ0) is 35.8. The first-order valence-electron chi connectivity index (χ1n) is 17.2. The number of halogens is 4. The Labute approximate surface area is 310 Å². The van der Waals surface area contributed by atoms with Crippen LogP contribution in [0.5, 0.6) is 0 Å². The van der Waals surface area contributed by atoms with Gasteiger partial charge in [0.05, 0.1) is 33.1 Å². The molecule has 2 aromatic carbocycles. The molecule has 1 fully saturated rings. The topological polar surface area (TPSA) is 111 Å². The molecule has 1 atom stereocenters. The lowest BCUT2D eigenvalue weighted by Crippen LogP contribution is -2.36. The van der Waals surface area contributed by atoms with Crippen LogP contribution in [-0.2, 0) is 14.4 Å². The molecule has 1 unspecified atom stereocenters. The zero-order valence-corrected chi connectivity index (χ0v) is 31.4. The average Bonchev–Trinajstić information content (AvgIpc) is 3.38. The highest BCUT2D eigenvalue weighted by Gasteiger charge is 2.30. The average molecular weight is 755 g/mol. The van der Waals surface area contributed by atoms with Gasteiger partial charge in [-0.05, 0) is 68.4 Å². The molecule has 1 saturated heterocycles. The molecule has 1 aliphatic rings. The number of carboxylic acid groups (broad SMARTS) is 1. The van der Waals surface area contributed by atoms with Gasteiger partial charge in [0.15, 0.2) is 0 Å². The predicted molar refractivity (Wildman–Crippen MR) is 204 cm³/mol. The van der Waals surface area contributed by atoms with E-state index < -0.39 is 17.8 Å². The minimum Gasteiger partial charge on any atom is -0.481 e. The smallest absolute Gasteiger partial charge is 0.307 e. The lowest BCUT2D eigenvalue weighted by Gasteiger charge is -2.19. The number of aliphatic imine (C=N–C) groups is 1. The van der Waals surface area contributed by atoms with Crippen molar-refractivity contribution in [3.8, 4) is 0 Å². The number of nitrogens with zero attached hydrogens (tertiary/aromatic N) is 2. The summed E-state index contributed by atoms with van der Waals surface area (Å²) in [6.07, 6.45) is 18.7. The molecule has 0 spiro atoms. The molecule has 3 rings (SSSR count). The number of hydrazine groups is 1. The van der Waals surface area contributed by atoms with Gasteiger partial charge in [-0.25, -0.2) is 10.0 Å². The van der Waals surface area contributed by atoms with Gasteiger partial charge in [0, 0.05) is 17.1 Å². The number of allylic oxidation sites excluding steroid dienone is 2. The number of benzene rings is 2. The molecule has 8 nitrogen and oxygen atoms in total. The van der Waals surface area contributed by atoms with Crippen LogP contribution >= 0.6 is 46.4 Å². The number of amidine groups is 1. The van der Waals surface area contributed by atoms with Crippen molar-refractivity contribution in [3.63, 3.8) is 0 Å². The third-order valence-corrected chi connectivity index (χ3v) is 9.39. The highest BCUT2D eigenvalue weighted by atomic mass is 35.5. The molecule has 0 aliphatic carbocycles. The maximum atomic E-state index is 12.8. The Morgan fingerprint density at radius 3 is 2.08 bits per heavy atom. The Morgan fingerprint density at radius 2 is 1.47 bits per heavy atom. The van der Waals surface area contributed by atoms with Crippen molar-refractivity contribution in [1.82, 2.24) is 5.43 Å². The van der Waals surface area contributed by atoms with Crippen LogP contribution in [0.15, 0.2) is 47.5 Å². The van der Waals surface area contributed by atoms with E-state index in [0.29, 0.717) is 27.8 Å². The SMILES string of the molecule is CC(C)CCCCCC/C=C/CCCCCCCC(CC(=O)Nc1ccc(Cl)c(N=C2CC(=O)N(c3c(Cl)cc(Cl)cc3Cl)N2)c1)C(=O)O. The van der Waals surface area contributed by atoms with Gasteiger partial charge in [0.2, 0.25) is 5.91 Å². The first-order valence-corrected chi connectivity index (χ1v) is 18.7. The maximum absolute atomic E-state index is 12.8. The number of aliphatic carboxylic acids is 1. The van der Waals surface area contributed by atoms with Gasteiger partial charge in [0.25, 0.3) is 5.91 Å². The fraction of sp³-hybridized carbons (Fsp3) is 0.514. The van der Waals surface area contributed by atoms with E-state index in [0.717, 1.165) is 50.9 Å². The Balaban J connectivity index is 1.39. The number of carbonyl (C=O) groups is 3. The van der Waals surface area contributed by atoms with Crippen molar-refractivity contribution in [2.75, 3.05) is 10.3 Å². The fourth-order valence-electron chi connectivity index (χ4n) is 5.60. The van der Waals surface area contributed by atoms with Crippen LogP contribution in [0.2, 0.25) is 20.1 Å². The van der Waals surface area contributed by atoms with Crippen molar-refractivity contribution in [2.45, 2.75) is 110 Å². The van der Waals surface area contributed by atoms with Crippen LogP contribution in [0.1, 0.15) is 110 Å². The molecule has 268 valence electrons. The minimum absolute atomic E-state index is 0.0710. The highest BCUT2D eigenvalue weighted by Crippen LogP contribution is 2.37. The summed E-state index contributed by atoms with van der Waals surface area (Å²) in [5.74, 6) is -1.41. The molecule has 0 bridgehead atoms. The van der Waals surface area contributed by atoms with Crippen LogP contribution in [0.3, 0.4) is 0 Å². The summed E-state index contributed by atoms with van der Waals surface area (Å²) in [6.45, 7) is 4.56. The van der Waals surface area contributed by atoms with E-state index in [1.807, 2.05) is 0 Å². The molecular weight excluding hydrogens is 706 g/mol. The van der Waals surface area contributed by atoms with Gasteiger partial charge in [-0.15, -0.1) is 0 Å². The van der Waals surface area contributed by atoms with Crippen molar-refractivity contribution >= 4 is 87.1 Å². The molecule has 1 heterocycles. The molecule has 0 radical (unpaired) electrons. The van der Waals surface area contributed by atoms with Crippen LogP contribution in [-0.4, -0.2) is 28.7 Å². The Kier molecular flexibility index (Phi) is 17.8. The second-order valence-corrected chi connectivity index (χ2v) is 14.6. The van der Waals surface area contributed by atoms with Crippen molar-refractivity contribution in [1.29, 1.82) is 0 Å². The summed E-state index contributed by atoms with van der Waals surface area (Å²) in [6, 6.07) is 7.69. The van der Waals surface area contributed by atoms with E-state index in [1.54, 1.807) is 18.2 Å². The van der Waals surface area contributed by atoms with Crippen molar-refractivity contribution in [2.24, 2.45) is 16.8 Å². The second-order valence-electron chi connectivity index (χ2n) is 12.9. The van der Waals surface area contributed by atoms with Gasteiger partial charge in [-0.2, -0.15) is 0 Å². The number of carboxylic acids is 1. The number of anilines is 2. The highest BCUT2D eigenvalue weighted by molar-refractivity contribution is 6.42. The largest absolute Gasteiger partial charge is 0.481 e. The summed E-state index contributed by atoms with van der Waals surface area (Å²) >= 11 is 24.9. The summed E-state index contributed by atoms with van der Waals surface area (Å²) in [5.41, 5.74) is 3.85. The number of carbonyl (C=O) groups excluding carboxylic acids is 2. The van der Waals surface area contributed by atoms with Gasteiger partial charge in [0.1, 0.15) is 11.5 Å². The van der Waals surface area contributed by atoms with E-state index in [2.05, 4.69) is 41.7 Å². The fourth-order valence-corrected chi connectivity index (χ4v) is 6.75. The van der Waals surface area contributed by atoms with Crippen LogP contribution in [0.4, 0.5) is 17.1 Å². The van der Waals surface area contributed by atoms with Gasteiger partial charge in [-0.3, -0.25) is 19.8 Å². The molecule has 12 heteroatoms. The van der Waals surface area contributed by atoms with E-state index in [1.165, 1.54) is 49.2 Å². The Morgan fingerprint density at radius 1 is 0.878 bits per heavy atom. The molecule has 3 N–H and O–H groups in total. The normalized spacial score (nSPS) is 14.6. The molecule has 2 amide bonds. The third kappa shape index (κ3) is 14.5. The van der Waals surface area contributed by atoms with E-state index >= 15 is 0 Å². The maximum Gasteiger partial charge on any atom is 0.307 e. The third-order valence-electron chi connectivity index (χ3n) is 8.27. The van der Waals surface area contributed by atoms with Gasteiger partial charge < -0.3 is 10.4 Å². The number of nitrogens with one attached hydrogen (secondary N) is 2. The summed E-state index contributed by atoms with van der Waals surface area (Å²) in [7, 11) is 0. The number of unbranched alkanes of at least 4 members (excludes halogenated alkanes) is 9. The standard InChI is InChI=1S/C37H48Cl4N4O4/c1-25(2)16-14-12-10-8-6-4-3-5-7-9-11-13-15-17-26(37(48)49)20-34(46)42-28-18-19-29(39)32(23-28)43-33-24-35(47)45(44-33)36-30(40)21-27(38)22-31(36)41/h3-4,18-19,21-23,25-26H,5-17,20,24H2,1-2H3,(H,42,46)(H,43,44)(H,48,49)/b4-3+. The van der Waals surface area contributed by atoms with E-state index in [9.17, 15) is 19.5 Å². The summed E-state index contributed by atoms with van der Waals surface area (Å²) in [4.78, 5) is 41.9. The molecular formula is C37H48Cl4N4O4. The minimum atomic E-state index is -0.981. The zero-order valence-electron chi connectivity index (χ0n) is 28.4. The quantitative estimate of drug-likeness (QED) is 0.0868. The lowest BCUT2D eigenvalue weighted by atomic mass is 9.96. The second kappa shape index (κ2) is 21.4. The molecule has 49 heavy (non-hydrogen) atoms. The first-order chi connectivity index (χ1) is 23.4. The monoisotopic (exact) mass is 752 g/mol. The van der Waals surface area contributed by atoms with Crippen LogP contribution < -0.4 is 15.8 Å². The van der Waals surface area contributed by atoms with E-state index in [-0.39, 0.29) is 40.3 Å². The van der Waals surface area contributed by atoms with Gasteiger partial charge >= 0.3 is 5.97 Å². The first kappa shape index (κ1) is 40.6. The predicted octanol–water partition coefficient (Wildman–Crippen LogP) is 11.6. The molecule has 1 aliphatic heterocycles. The summed E-state index contributed by atoms with van der Waals surface area (Å²) in [5, 5.41) is 14.7. The molecule has 0 saturated carbocycles. The number of hydrogen-bond acceptors (Lipinski definition) is 4. The molecule has 2 aromatic rings. The van der Waals surface area contributed by atoms with Crippen LogP contribution in [0.25, 0.3) is 0 Å².